The molecule has 0 saturated heterocycles. The van der Waals surface area contributed by atoms with Crippen molar-refractivity contribution in [3.05, 3.63) is 70.9 Å². The first kappa shape index (κ1) is 15.9. The number of hydrogen-bond acceptors (Lipinski definition) is 1. The molecule has 1 N–H and O–H groups in total. The lowest BCUT2D eigenvalue weighted by atomic mass is 9.78. The van der Waals surface area contributed by atoms with E-state index in [0.717, 1.165) is 28.7 Å². The molecule has 1 aliphatic rings. The normalized spacial score (nSPS) is 16.0. The van der Waals surface area contributed by atoms with E-state index >= 15 is 0 Å². The summed E-state index contributed by atoms with van der Waals surface area (Å²) >= 11 is 0. The molecule has 2 heterocycles. The summed E-state index contributed by atoms with van der Waals surface area (Å²) in [4.78, 5) is 18.5. The summed E-state index contributed by atoms with van der Waals surface area (Å²) in [6.07, 6.45) is 0.452. The second-order valence-electron chi connectivity index (χ2n) is 7.74. The van der Waals surface area contributed by atoms with Gasteiger partial charge in [-0.15, -0.1) is 0 Å². The van der Waals surface area contributed by atoms with E-state index in [9.17, 15) is 4.79 Å². The molecule has 3 heteroatoms. The van der Waals surface area contributed by atoms with Crippen molar-refractivity contribution < 1.29 is 4.79 Å². The van der Waals surface area contributed by atoms with Gasteiger partial charge >= 0.3 is 0 Å². The summed E-state index contributed by atoms with van der Waals surface area (Å²) in [5, 5.41) is 1.16. The molecule has 1 aromatic heterocycles. The molecule has 4 rings (SSSR count). The highest BCUT2D eigenvalue weighted by atomic mass is 16.2. The molecule has 0 aliphatic carbocycles. The van der Waals surface area contributed by atoms with E-state index < -0.39 is 0 Å². The summed E-state index contributed by atoms with van der Waals surface area (Å²) in [5.41, 5.74) is 5.93. The van der Waals surface area contributed by atoms with E-state index in [1.807, 2.05) is 17.0 Å². The van der Waals surface area contributed by atoms with E-state index in [1.54, 1.807) is 0 Å². The first-order valence-electron chi connectivity index (χ1n) is 8.88. The van der Waals surface area contributed by atoms with Crippen LogP contribution in [0.15, 0.2) is 48.5 Å². The Kier molecular flexibility index (Phi) is 3.68. The van der Waals surface area contributed by atoms with E-state index in [1.165, 1.54) is 11.1 Å². The molecule has 3 aromatic rings. The molecule has 0 atom stereocenters. The van der Waals surface area contributed by atoms with Crippen molar-refractivity contribution in [1.29, 1.82) is 0 Å². The SMILES string of the molecule is Cc1[nH]c2ccccc2c1CC(=O)N1Cc2ccccc2C(C)(C)C1. The van der Waals surface area contributed by atoms with Crippen molar-refractivity contribution in [2.45, 2.75) is 39.2 Å². The molecule has 2 aromatic carbocycles. The Morgan fingerprint density at radius 1 is 1.12 bits per heavy atom. The predicted octanol–water partition coefficient (Wildman–Crippen LogP) is 4.34. The lowest BCUT2D eigenvalue weighted by Gasteiger charge is -2.40. The van der Waals surface area contributed by atoms with Crippen molar-refractivity contribution in [3.63, 3.8) is 0 Å². The number of hydrogen-bond donors (Lipinski definition) is 1. The Hall–Kier alpha value is -2.55. The number of nitrogens with one attached hydrogen (secondary N) is 1. The second-order valence-corrected chi connectivity index (χ2v) is 7.74. The van der Waals surface area contributed by atoms with Gasteiger partial charge in [0.1, 0.15) is 0 Å². The molecule has 0 bridgehead atoms. The van der Waals surface area contributed by atoms with Gasteiger partial charge in [0.2, 0.25) is 5.91 Å². The number of H-pyrrole nitrogens is 1. The monoisotopic (exact) mass is 332 g/mol. The summed E-state index contributed by atoms with van der Waals surface area (Å²) in [6, 6.07) is 16.7. The molecule has 0 spiro atoms. The van der Waals surface area contributed by atoms with Gasteiger partial charge in [-0.25, -0.2) is 0 Å². The molecule has 3 nitrogen and oxygen atoms in total. The average Bonchev–Trinajstić information content (AvgIpc) is 2.90. The fraction of sp³-hybridized carbons (Fsp3) is 0.318. The minimum atomic E-state index is -0.0141. The van der Waals surface area contributed by atoms with Gasteiger partial charge < -0.3 is 9.88 Å². The number of aromatic nitrogens is 1. The number of rotatable bonds is 2. The molecule has 128 valence electrons. The highest BCUT2D eigenvalue weighted by molar-refractivity contribution is 5.90. The number of nitrogens with zero attached hydrogens (tertiary/aromatic N) is 1. The molecule has 0 radical (unpaired) electrons. The molecular formula is C22H24N2O. The molecule has 0 unspecified atom stereocenters. The zero-order valence-corrected chi connectivity index (χ0v) is 15.1. The Labute approximate surface area is 148 Å². The van der Waals surface area contributed by atoms with Crippen LogP contribution in [0.1, 0.15) is 36.2 Å². The number of fused-ring (bicyclic) bond motifs is 2. The zero-order chi connectivity index (χ0) is 17.6. The van der Waals surface area contributed by atoms with Gasteiger partial charge in [0, 0.05) is 35.1 Å². The summed E-state index contributed by atoms with van der Waals surface area (Å²) in [5.74, 6) is 0.204. The van der Waals surface area contributed by atoms with Crippen LogP contribution in [0.5, 0.6) is 0 Å². The van der Waals surface area contributed by atoms with Crippen LogP contribution in [0.3, 0.4) is 0 Å². The van der Waals surface area contributed by atoms with Crippen LogP contribution in [0, 0.1) is 6.92 Å². The molecule has 1 amide bonds. The summed E-state index contributed by atoms with van der Waals surface area (Å²) in [7, 11) is 0. The van der Waals surface area contributed by atoms with Crippen LogP contribution < -0.4 is 0 Å². The third-order valence-electron chi connectivity index (χ3n) is 5.40. The Morgan fingerprint density at radius 3 is 2.68 bits per heavy atom. The predicted molar refractivity (Wildman–Crippen MR) is 102 cm³/mol. The van der Waals surface area contributed by atoms with Crippen molar-refractivity contribution in [3.8, 4) is 0 Å². The standard InChI is InChI=1S/C22H24N2O/c1-15-18(17-9-5-7-11-20(17)23-15)12-21(25)24-13-16-8-4-6-10-19(16)22(2,3)14-24/h4-11,23H,12-14H2,1-3H3. The lowest BCUT2D eigenvalue weighted by Crippen LogP contribution is -2.45. The Bertz CT molecular complexity index is 952. The fourth-order valence-electron chi connectivity index (χ4n) is 4.14. The number of carbonyl (C=O) groups excluding carboxylic acids is 1. The third kappa shape index (κ3) is 2.74. The Balaban J connectivity index is 1.63. The topological polar surface area (TPSA) is 36.1 Å². The number of aromatic amines is 1. The van der Waals surface area contributed by atoms with Crippen LogP contribution in [0.2, 0.25) is 0 Å². The van der Waals surface area contributed by atoms with Crippen molar-refractivity contribution in [1.82, 2.24) is 9.88 Å². The maximum atomic E-state index is 13.1. The van der Waals surface area contributed by atoms with Gasteiger partial charge in [-0.05, 0) is 29.7 Å². The van der Waals surface area contributed by atoms with Gasteiger partial charge in [-0.3, -0.25) is 4.79 Å². The highest BCUT2D eigenvalue weighted by Crippen LogP contribution is 2.33. The van der Waals surface area contributed by atoms with Crippen LogP contribution in [0.25, 0.3) is 10.9 Å². The van der Waals surface area contributed by atoms with Gasteiger partial charge in [0.25, 0.3) is 0 Å². The number of carbonyl (C=O) groups is 1. The number of benzene rings is 2. The molecule has 1 aliphatic heterocycles. The van der Waals surface area contributed by atoms with Crippen LogP contribution in [0.4, 0.5) is 0 Å². The van der Waals surface area contributed by atoms with E-state index in [2.05, 4.69) is 62.2 Å². The number of aryl methyl sites for hydroxylation is 1. The van der Waals surface area contributed by atoms with Crippen LogP contribution >= 0.6 is 0 Å². The highest BCUT2D eigenvalue weighted by Gasteiger charge is 2.33. The van der Waals surface area contributed by atoms with Crippen LogP contribution in [-0.4, -0.2) is 22.3 Å². The Morgan fingerprint density at radius 2 is 1.84 bits per heavy atom. The molecule has 25 heavy (non-hydrogen) atoms. The maximum absolute atomic E-state index is 13.1. The lowest BCUT2D eigenvalue weighted by molar-refractivity contribution is -0.132. The minimum Gasteiger partial charge on any atom is -0.358 e. The largest absolute Gasteiger partial charge is 0.358 e. The van der Waals surface area contributed by atoms with Crippen molar-refractivity contribution in [2.24, 2.45) is 0 Å². The van der Waals surface area contributed by atoms with Gasteiger partial charge in [-0.1, -0.05) is 56.3 Å². The number of para-hydroxylation sites is 1. The summed E-state index contributed by atoms with van der Waals surface area (Å²) in [6.45, 7) is 7.98. The van der Waals surface area contributed by atoms with Crippen molar-refractivity contribution >= 4 is 16.8 Å². The molecule has 0 saturated carbocycles. The fourth-order valence-corrected chi connectivity index (χ4v) is 4.14. The smallest absolute Gasteiger partial charge is 0.227 e. The first-order chi connectivity index (χ1) is 12.0. The van der Waals surface area contributed by atoms with Gasteiger partial charge in [0.15, 0.2) is 0 Å². The maximum Gasteiger partial charge on any atom is 0.227 e. The van der Waals surface area contributed by atoms with E-state index in [4.69, 9.17) is 0 Å². The number of amides is 1. The molecule has 0 fully saturated rings. The second kappa shape index (κ2) is 5.76. The minimum absolute atomic E-state index is 0.0141. The van der Waals surface area contributed by atoms with E-state index in [-0.39, 0.29) is 11.3 Å². The third-order valence-corrected chi connectivity index (χ3v) is 5.40. The quantitative estimate of drug-likeness (QED) is 0.744. The zero-order valence-electron chi connectivity index (χ0n) is 15.1. The van der Waals surface area contributed by atoms with Crippen molar-refractivity contribution in [2.75, 3.05) is 6.54 Å². The average molecular weight is 332 g/mol. The molecular weight excluding hydrogens is 308 g/mol. The first-order valence-corrected chi connectivity index (χ1v) is 8.88. The van der Waals surface area contributed by atoms with Gasteiger partial charge in [0.05, 0.1) is 6.42 Å². The summed E-state index contributed by atoms with van der Waals surface area (Å²) < 4.78 is 0. The van der Waals surface area contributed by atoms with Gasteiger partial charge in [-0.2, -0.15) is 0 Å². The van der Waals surface area contributed by atoms with E-state index in [0.29, 0.717) is 13.0 Å². The van der Waals surface area contributed by atoms with Crippen LogP contribution in [-0.2, 0) is 23.2 Å².